The smallest absolute Gasteiger partial charge is 0.179 e. The van der Waals surface area contributed by atoms with Gasteiger partial charge in [-0.1, -0.05) is 75.9 Å². The monoisotopic (exact) mass is 563 g/mol. The van der Waals surface area contributed by atoms with E-state index >= 15 is 0 Å². The van der Waals surface area contributed by atoms with Crippen LogP contribution in [0.1, 0.15) is 87.0 Å². The Bertz CT molecular complexity index is 1340. The van der Waals surface area contributed by atoms with Crippen LogP contribution in [-0.2, 0) is 23.1 Å². The number of nitrogens with zero attached hydrogens (tertiary/aromatic N) is 1. The number of ether oxygens (including phenoxy) is 1. The number of anilines is 1. The lowest BCUT2D eigenvalue weighted by atomic mass is 9.70. The van der Waals surface area contributed by atoms with Crippen molar-refractivity contribution < 1.29 is 18.3 Å². The van der Waals surface area contributed by atoms with Crippen molar-refractivity contribution in [1.29, 1.82) is 0 Å². The maximum absolute atomic E-state index is 14.0. The van der Waals surface area contributed by atoms with Crippen LogP contribution in [0.4, 0.5) is 5.69 Å². The second kappa shape index (κ2) is 13.2. The molecule has 1 aliphatic heterocycles. The van der Waals surface area contributed by atoms with Gasteiger partial charge < -0.3 is 14.7 Å². The number of hydrogen-bond acceptors (Lipinski definition) is 5. The van der Waals surface area contributed by atoms with E-state index in [0.29, 0.717) is 11.5 Å². The average Bonchev–Trinajstić information content (AvgIpc) is 3.06. The first kappa shape index (κ1) is 30.1. The minimum absolute atomic E-state index is 0.0130. The predicted molar refractivity (Wildman–Crippen MR) is 164 cm³/mol. The lowest BCUT2D eigenvalue weighted by Crippen LogP contribution is -2.30. The van der Waals surface area contributed by atoms with E-state index in [-0.39, 0.29) is 23.7 Å². The molecular weight excluding hydrogens is 518 g/mol. The lowest BCUT2D eigenvalue weighted by molar-refractivity contribution is 0.230. The summed E-state index contributed by atoms with van der Waals surface area (Å²) in [6, 6.07) is 21.9. The fourth-order valence-corrected chi connectivity index (χ4v) is 8.23. The van der Waals surface area contributed by atoms with Crippen molar-refractivity contribution in [3.05, 3.63) is 89.0 Å². The largest absolute Gasteiger partial charge is 0.489 e. The first-order chi connectivity index (χ1) is 19.2. The fraction of sp³-hybridized carbons (Fsp3) is 0.471. The molecule has 216 valence electrons. The number of aliphatic hydroxyl groups excluding tert-OH is 1. The molecule has 3 aromatic carbocycles. The highest BCUT2D eigenvalue weighted by Gasteiger charge is 2.43. The Morgan fingerprint density at radius 1 is 0.900 bits per heavy atom. The molecule has 40 heavy (non-hydrogen) atoms. The Hall–Kier alpha value is -2.83. The summed E-state index contributed by atoms with van der Waals surface area (Å²) in [6.45, 7) is 4.85. The van der Waals surface area contributed by atoms with Gasteiger partial charge in [-0.3, -0.25) is 0 Å². The van der Waals surface area contributed by atoms with E-state index in [2.05, 4.69) is 32.0 Å². The number of hydrogen-bond donors (Lipinski definition) is 1. The van der Waals surface area contributed by atoms with E-state index in [1.807, 2.05) is 67.5 Å². The van der Waals surface area contributed by atoms with Crippen molar-refractivity contribution in [2.75, 3.05) is 24.7 Å². The topological polar surface area (TPSA) is 66.8 Å². The van der Waals surface area contributed by atoms with Gasteiger partial charge in [0.25, 0.3) is 0 Å². The van der Waals surface area contributed by atoms with Crippen molar-refractivity contribution in [2.45, 2.75) is 82.8 Å². The Morgan fingerprint density at radius 2 is 1.52 bits per heavy atom. The number of rotatable bonds is 12. The van der Waals surface area contributed by atoms with Crippen LogP contribution in [0.25, 0.3) is 0 Å². The molecule has 0 radical (unpaired) electrons. The summed E-state index contributed by atoms with van der Waals surface area (Å²) in [5.74, 6) is 0.990. The third-order valence-electron chi connectivity index (χ3n) is 8.37. The van der Waals surface area contributed by atoms with Gasteiger partial charge in [0.05, 0.1) is 17.3 Å². The number of fused-ring (bicyclic) bond motifs is 1. The zero-order chi connectivity index (χ0) is 28.8. The summed E-state index contributed by atoms with van der Waals surface area (Å²) in [4.78, 5) is 2.53. The molecule has 5 nitrogen and oxygen atoms in total. The van der Waals surface area contributed by atoms with Crippen molar-refractivity contribution in [2.24, 2.45) is 5.41 Å². The standard InChI is InChI=1S/C34H45NO4S/c1-5-7-19-34(20-8-6-2)22-32(31-21-29(35(3)4)15-18-33(31)40(37,38)25-34)28-13-16-30(17-14-28)39-24-27-11-9-26(23-36)10-12-27/h9-18,21,32,36H,5-8,19-20,22-25H2,1-4H3/t32-/m1/s1. The minimum Gasteiger partial charge on any atom is -0.489 e. The van der Waals surface area contributed by atoms with Crippen LogP contribution in [0.3, 0.4) is 0 Å². The zero-order valence-corrected chi connectivity index (χ0v) is 25.3. The van der Waals surface area contributed by atoms with Crippen LogP contribution in [-0.4, -0.2) is 33.4 Å². The molecular formula is C34H45NO4S. The fourth-order valence-electron chi connectivity index (χ4n) is 6.03. The summed E-state index contributed by atoms with van der Waals surface area (Å²) in [5, 5.41) is 9.27. The Kier molecular flexibility index (Phi) is 9.96. The quantitative estimate of drug-likeness (QED) is 0.247. The van der Waals surface area contributed by atoms with Gasteiger partial charge in [-0.2, -0.15) is 0 Å². The molecule has 0 bridgehead atoms. The van der Waals surface area contributed by atoms with Gasteiger partial charge in [-0.15, -0.1) is 0 Å². The highest BCUT2D eigenvalue weighted by molar-refractivity contribution is 7.91. The highest BCUT2D eigenvalue weighted by atomic mass is 32.2. The molecule has 1 N–H and O–H groups in total. The number of sulfone groups is 1. The SMILES string of the molecule is CCCCC1(CCCC)C[C@H](c2ccc(OCc3ccc(CO)cc3)cc2)c2cc(N(C)C)ccc2S(=O)(=O)C1. The summed E-state index contributed by atoms with van der Waals surface area (Å²) in [7, 11) is 0.555. The van der Waals surface area contributed by atoms with Crippen LogP contribution in [0, 0.1) is 5.41 Å². The Balaban J connectivity index is 1.70. The maximum atomic E-state index is 14.0. The van der Waals surface area contributed by atoms with E-state index in [0.717, 1.165) is 78.6 Å². The molecule has 0 fully saturated rings. The molecule has 0 aliphatic carbocycles. The Labute approximate surface area is 241 Å². The van der Waals surface area contributed by atoms with E-state index in [4.69, 9.17) is 4.74 Å². The molecule has 1 aliphatic rings. The van der Waals surface area contributed by atoms with Gasteiger partial charge in [0.2, 0.25) is 0 Å². The van der Waals surface area contributed by atoms with E-state index < -0.39 is 9.84 Å². The van der Waals surface area contributed by atoms with E-state index in [1.165, 1.54) is 0 Å². The third-order valence-corrected chi connectivity index (χ3v) is 10.4. The number of benzene rings is 3. The van der Waals surface area contributed by atoms with Crippen LogP contribution in [0.2, 0.25) is 0 Å². The van der Waals surface area contributed by atoms with Crippen molar-refractivity contribution in [3.63, 3.8) is 0 Å². The van der Waals surface area contributed by atoms with E-state index in [9.17, 15) is 13.5 Å². The van der Waals surface area contributed by atoms with Gasteiger partial charge in [-0.25, -0.2) is 8.42 Å². The van der Waals surface area contributed by atoms with Gasteiger partial charge in [0.15, 0.2) is 9.84 Å². The minimum atomic E-state index is -3.44. The van der Waals surface area contributed by atoms with Gasteiger partial charge in [0.1, 0.15) is 12.4 Å². The average molecular weight is 564 g/mol. The normalized spacial score (nSPS) is 17.6. The van der Waals surface area contributed by atoms with Gasteiger partial charge in [-0.05, 0) is 77.3 Å². The first-order valence-corrected chi connectivity index (χ1v) is 16.3. The summed E-state index contributed by atoms with van der Waals surface area (Å²) in [5.41, 5.74) is 4.73. The molecule has 0 amide bonds. The molecule has 0 aromatic heterocycles. The van der Waals surface area contributed by atoms with Gasteiger partial charge in [0, 0.05) is 25.7 Å². The van der Waals surface area contributed by atoms with Gasteiger partial charge >= 0.3 is 0 Å². The number of unbranched alkanes of at least 4 members (excludes halogenated alkanes) is 2. The molecule has 0 saturated carbocycles. The zero-order valence-electron chi connectivity index (χ0n) is 24.5. The van der Waals surface area contributed by atoms with Crippen molar-refractivity contribution in [3.8, 4) is 5.75 Å². The maximum Gasteiger partial charge on any atom is 0.179 e. The van der Waals surface area contributed by atoms with Crippen LogP contribution >= 0.6 is 0 Å². The van der Waals surface area contributed by atoms with E-state index in [1.54, 1.807) is 0 Å². The van der Waals surface area contributed by atoms with Crippen molar-refractivity contribution in [1.82, 2.24) is 0 Å². The molecule has 1 atom stereocenters. The molecule has 3 aromatic rings. The van der Waals surface area contributed by atoms with Crippen molar-refractivity contribution >= 4 is 15.5 Å². The number of aliphatic hydroxyl groups is 1. The summed E-state index contributed by atoms with van der Waals surface area (Å²) >= 11 is 0. The van der Waals surface area contributed by atoms with Crippen LogP contribution in [0.5, 0.6) is 5.75 Å². The Morgan fingerprint density at radius 3 is 2.10 bits per heavy atom. The van der Waals surface area contributed by atoms with Crippen LogP contribution in [0.15, 0.2) is 71.6 Å². The second-order valence-electron chi connectivity index (χ2n) is 11.7. The lowest BCUT2D eigenvalue weighted by Gasteiger charge is -2.35. The summed E-state index contributed by atoms with van der Waals surface area (Å²) in [6.07, 6.45) is 6.90. The molecule has 1 heterocycles. The highest BCUT2D eigenvalue weighted by Crippen LogP contribution is 2.50. The second-order valence-corrected chi connectivity index (χ2v) is 13.6. The molecule has 0 unspecified atom stereocenters. The first-order valence-electron chi connectivity index (χ1n) is 14.7. The van der Waals surface area contributed by atoms with Crippen LogP contribution < -0.4 is 9.64 Å². The third kappa shape index (κ3) is 7.08. The molecule has 4 rings (SSSR count). The molecule has 0 spiro atoms. The predicted octanol–water partition coefficient (Wildman–Crippen LogP) is 7.50. The summed E-state index contributed by atoms with van der Waals surface area (Å²) < 4.78 is 34.0. The molecule has 6 heteroatoms. The molecule has 0 saturated heterocycles.